The van der Waals surface area contributed by atoms with Gasteiger partial charge in [-0.15, -0.1) is 0 Å². The summed E-state index contributed by atoms with van der Waals surface area (Å²) in [5.41, 5.74) is 2.00. The first kappa shape index (κ1) is 14.7. The SMILES string of the molecule is CC(C)(C)c1csc(C(C)(C)C)[n+]1C(C)(C)C. The van der Waals surface area contributed by atoms with E-state index in [1.807, 2.05) is 11.3 Å². The molecule has 0 radical (unpaired) electrons. The van der Waals surface area contributed by atoms with Crippen molar-refractivity contribution >= 4 is 11.3 Å². The van der Waals surface area contributed by atoms with Crippen LogP contribution in [-0.4, -0.2) is 0 Å². The lowest BCUT2D eigenvalue weighted by Crippen LogP contribution is -2.58. The van der Waals surface area contributed by atoms with E-state index in [0.717, 1.165) is 0 Å². The molecule has 0 aliphatic heterocycles. The Balaban J connectivity index is 3.53. The summed E-state index contributed by atoms with van der Waals surface area (Å²) in [5.74, 6) is 0. The van der Waals surface area contributed by atoms with Crippen molar-refractivity contribution in [3.63, 3.8) is 0 Å². The number of hydrogen-bond donors (Lipinski definition) is 0. The van der Waals surface area contributed by atoms with Crippen molar-refractivity contribution in [2.45, 2.75) is 78.7 Å². The van der Waals surface area contributed by atoms with E-state index in [1.54, 1.807) is 0 Å². The van der Waals surface area contributed by atoms with Gasteiger partial charge in [0.2, 0.25) is 5.01 Å². The predicted octanol–water partition coefficient (Wildman–Crippen LogP) is 4.39. The van der Waals surface area contributed by atoms with Crippen molar-refractivity contribution in [3.8, 4) is 0 Å². The van der Waals surface area contributed by atoms with Crippen molar-refractivity contribution in [2.24, 2.45) is 0 Å². The first-order chi connectivity index (χ1) is 7.35. The first-order valence-electron chi connectivity index (χ1n) is 6.40. The second kappa shape index (κ2) is 4.08. The maximum atomic E-state index is 2.54. The molecule has 1 aromatic heterocycles. The summed E-state index contributed by atoms with van der Waals surface area (Å²) < 4.78 is 2.54. The Hall–Kier alpha value is -0.370. The maximum Gasteiger partial charge on any atom is 0.243 e. The molecule has 2 heteroatoms. The Morgan fingerprint density at radius 3 is 1.59 bits per heavy atom. The predicted molar refractivity (Wildman–Crippen MR) is 76.9 cm³/mol. The number of aromatic nitrogens is 1. The van der Waals surface area contributed by atoms with E-state index >= 15 is 0 Å². The number of hydrogen-bond acceptors (Lipinski definition) is 1. The quantitative estimate of drug-likeness (QED) is 0.605. The van der Waals surface area contributed by atoms with Crippen LogP contribution in [0.15, 0.2) is 5.38 Å². The van der Waals surface area contributed by atoms with Gasteiger partial charge in [-0.3, -0.25) is 0 Å². The van der Waals surface area contributed by atoms with Crippen molar-refractivity contribution in [1.82, 2.24) is 0 Å². The molecule has 0 fully saturated rings. The van der Waals surface area contributed by atoms with Crippen LogP contribution in [0.25, 0.3) is 0 Å². The summed E-state index contributed by atoms with van der Waals surface area (Å²) in [4.78, 5) is 0. The maximum absolute atomic E-state index is 2.54. The Morgan fingerprint density at radius 2 is 1.29 bits per heavy atom. The summed E-state index contributed by atoms with van der Waals surface area (Å²) >= 11 is 1.90. The van der Waals surface area contributed by atoms with Gasteiger partial charge in [0.1, 0.15) is 0 Å². The molecule has 0 aromatic carbocycles. The molecule has 0 amide bonds. The normalized spacial score (nSPS) is 14.2. The Bertz CT molecular complexity index is 363. The lowest BCUT2D eigenvalue weighted by Gasteiger charge is -2.25. The van der Waals surface area contributed by atoms with E-state index in [0.29, 0.717) is 0 Å². The molecule has 0 unspecified atom stereocenters. The third kappa shape index (κ3) is 3.09. The lowest BCUT2D eigenvalue weighted by molar-refractivity contribution is -0.767. The average Bonchev–Trinajstić information content (AvgIpc) is 2.42. The fourth-order valence-corrected chi connectivity index (χ4v) is 3.53. The van der Waals surface area contributed by atoms with Crippen molar-refractivity contribution in [1.29, 1.82) is 0 Å². The minimum Gasteiger partial charge on any atom is -0.185 e. The number of rotatable bonds is 0. The van der Waals surface area contributed by atoms with Gasteiger partial charge < -0.3 is 0 Å². The van der Waals surface area contributed by atoms with E-state index < -0.39 is 0 Å². The van der Waals surface area contributed by atoms with Crippen LogP contribution in [0.3, 0.4) is 0 Å². The van der Waals surface area contributed by atoms with E-state index in [2.05, 4.69) is 72.3 Å². The van der Waals surface area contributed by atoms with Crippen molar-refractivity contribution < 1.29 is 4.57 Å². The first-order valence-corrected chi connectivity index (χ1v) is 7.28. The average molecular weight is 254 g/mol. The number of nitrogens with zero attached hydrogens (tertiary/aromatic N) is 1. The van der Waals surface area contributed by atoms with Gasteiger partial charge in [-0.25, -0.2) is 0 Å². The monoisotopic (exact) mass is 254 g/mol. The van der Waals surface area contributed by atoms with Crippen LogP contribution >= 0.6 is 11.3 Å². The van der Waals surface area contributed by atoms with Crippen LogP contribution in [0, 0.1) is 0 Å². The summed E-state index contributed by atoms with van der Waals surface area (Å²) in [7, 11) is 0. The van der Waals surface area contributed by atoms with Crippen LogP contribution in [0.1, 0.15) is 73.0 Å². The second-order valence-electron chi connectivity index (χ2n) is 7.93. The molecule has 0 atom stereocenters. The van der Waals surface area contributed by atoms with Crippen LogP contribution < -0.4 is 4.57 Å². The van der Waals surface area contributed by atoms with E-state index in [4.69, 9.17) is 0 Å². The van der Waals surface area contributed by atoms with Crippen LogP contribution in [0.4, 0.5) is 0 Å². The zero-order valence-corrected chi connectivity index (χ0v) is 13.7. The Labute approximate surface area is 111 Å². The zero-order chi connectivity index (χ0) is 13.6. The molecule has 0 saturated heterocycles. The highest BCUT2D eigenvalue weighted by Crippen LogP contribution is 2.31. The zero-order valence-electron chi connectivity index (χ0n) is 12.9. The highest BCUT2D eigenvalue weighted by molar-refractivity contribution is 7.09. The highest BCUT2D eigenvalue weighted by atomic mass is 32.1. The van der Waals surface area contributed by atoms with Gasteiger partial charge in [-0.1, -0.05) is 32.1 Å². The molecule has 1 aromatic rings. The summed E-state index contributed by atoms with van der Waals surface area (Å²) in [5, 5.41) is 3.81. The molecular weight excluding hydrogens is 226 g/mol. The molecule has 1 rings (SSSR count). The van der Waals surface area contributed by atoms with Crippen LogP contribution in [0.5, 0.6) is 0 Å². The highest BCUT2D eigenvalue weighted by Gasteiger charge is 2.40. The van der Waals surface area contributed by atoms with Gasteiger partial charge in [-0.2, -0.15) is 4.57 Å². The molecule has 0 spiro atoms. The van der Waals surface area contributed by atoms with E-state index in [1.165, 1.54) is 10.7 Å². The van der Waals surface area contributed by atoms with Gasteiger partial charge in [0, 0.05) is 26.2 Å². The molecular formula is C15H28NS+. The van der Waals surface area contributed by atoms with E-state index in [-0.39, 0.29) is 16.4 Å². The van der Waals surface area contributed by atoms with Gasteiger partial charge >= 0.3 is 0 Å². The second-order valence-corrected chi connectivity index (χ2v) is 8.79. The van der Waals surface area contributed by atoms with Crippen molar-refractivity contribution in [2.75, 3.05) is 0 Å². The minimum atomic E-state index is 0.144. The van der Waals surface area contributed by atoms with Gasteiger partial charge in [0.25, 0.3) is 0 Å². The summed E-state index contributed by atoms with van der Waals surface area (Å²) in [6, 6.07) is 0. The van der Waals surface area contributed by atoms with Gasteiger partial charge in [0.15, 0.2) is 11.2 Å². The molecule has 1 heterocycles. The molecule has 0 saturated carbocycles. The molecule has 0 aliphatic carbocycles. The topological polar surface area (TPSA) is 3.88 Å². The van der Waals surface area contributed by atoms with E-state index in [9.17, 15) is 0 Å². The van der Waals surface area contributed by atoms with Crippen molar-refractivity contribution in [3.05, 3.63) is 16.1 Å². The fraction of sp³-hybridized carbons (Fsp3) is 0.800. The minimum absolute atomic E-state index is 0.144. The number of thiazole rings is 1. The largest absolute Gasteiger partial charge is 0.243 e. The Morgan fingerprint density at radius 1 is 0.824 bits per heavy atom. The van der Waals surface area contributed by atoms with Gasteiger partial charge in [-0.05, 0) is 20.8 Å². The third-order valence-corrected chi connectivity index (χ3v) is 4.17. The standard InChI is InChI=1S/C15H28NS/c1-13(2,3)11-10-17-12(14(4,5)6)16(11)15(7,8)9/h10H,1-9H3/q+1. The summed E-state index contributed by atoms with van der Waals surface area (Å²) in [6.45, 7) is 20.7. The van der Waals surface area contributed by atoms with Crippen LogP contribution in [-0.2, 0) is 16.4 Å². The third-order valence-electron chi connectivity index (χ3n) is 2.81. The Kier molecular flexibility index (Phi) is 3.53. The molecule has 17 heavy (non-hydrogen) atoms. The van der Waals surface area contributed by atoms with Crippen LogP contribution in [0.2, 0.25) is 0 Å². The fourth-order valence-electron chi connectivity index (χ4n) is 2.02. The lowest BCUT2D eigenvalue weighted by atomic mass is 9.89. The van der Waals surface area contributed by atoms with Gasteiger partial charge in [0.05, 0.1) is 10.8 Å². The summed E-state index contributed by atoms with van der Waals surface area (Å²) in [6.07, 6.45) is 0. The molecule has 0 aliphatic rings. The smallest absolute Gasteiger partial charge is 0.185 e. The molecule has 0 N–H and O–H groups in total. The molecule has 98 valence electrons. The molecule has 1 nitrogen and oxygen atoms in total. The molecule has 0 bridgehead atoms.